The highest BCUT2D eigenvalue weighted by atomic mass is 16.3. The van der Waals surface area contributed by atoms with Crippen molar-refractivity contribution in [2.45, 2.75) is 26.8 Å². The van der Waals surface area contributed by atoms with E-state index in [1.165, 1.54) is 5.56 Å². The largest absolute Gasteiger partial charge is 0.459 e. The monoisotopic (exact) mass is 257 g/mol. The molecule has 0 saturated heterocycles. The summed E-state index contributed by atoms with van der Waals surface area (Å²) in [7, 11) is 1.80. The fraction of sp³-hybridized carbons (Fsp3) is 0.312. The van der Waals surface area contributed by atoms with Gasteiger partial charge in [0.2, 0.25) is 0 Å². The minimum atomic E-state index is -0.0874. The van der Waals surface area contributed by atoms with Crippen molar-refractivity contribution in [3.63, 3.8) is 0 Å². The zero-order chi connectivity index (χ0) is 14.0. The zero-order valence-corrected chi connectivity index (χ0v) is 11.8. The maximum absolute atomic E-state index is 12.3. The number of carbonyl (C=O) groups is 1. The van der Waals surface area contributed by atoms with Crippen LogP contribution in [0.4, 0.5) is 0 Å². The van der Waals surface area contributed by atoms with Crippen LogP contribution in [0.5, 0.6) is 0 Å². The summed E-state index contributed by atoms with van der Waals surface area (Å²) in [5.41, 5.74) is 3.20. The first-order valence-corrected chi connectivity index (χ1v) is 6.38. The number of furan rings is 1. The van der Waals surface area contributed by atoms with Crippen LogP contribution in [0.15, 0.2) is 41.0 Å². The Hall–Kier alpha value is -2.03. The summed E-state index contributed by atoms with van der Waals surface area (Å²) >= 11 is 0. The van der Waals surface area contributed by atoms with Gasteiger partial charge >= 0.3 is 0 Å². The van der Waals surface area contributed by atoms with Crippen molar-refractivity contribution in [3.05, 3.63) is 59.0 Å². The van der Waals surface area contributed by atoms with Crippen molar-refractivity contribution in [1.82, 2.24) is 4.90 Å². The third-order valence-corrected chi connectivity index (χ3v) is 3.52. The first-order chi connectivity index (χ1) is 9.00. The average molecular weight is 257 g/mol. The SMILES string of the molecule is Cc1ccc(C(C)N(C)C(=O)c2occc2C)cc1. The first-order valence-electron chi connectivity index (χ1n) is 6.38. The molecule has 0 radical (unpaired) electrons. The Bertz CT molecular complexity index is 569. The quantitative estimate of drug-likeness (QED) is 0.839. The standard InChI is InChI=1S/C16H19NO2/c1-11-5-7-14(8-6-11)13(3)17(4)16(18)15-12(2)9-10-19-15/h5-10,13H,1-4H3. The summed E-state index contributed by atoms with van der Waals surface area (Å²) in [6, 6.07) is 10.0. The number of benzene rings is 1. The number of hydrogen-bond acceptors (Lipinski definition) is 2. The van der Waals surface area contributed by atoms with Gasteiger partial charge in [-0.1, -0.05) is 29.8 Å². The number of aryl methyl sites for hydroxylation is 2. The molecule has 0 spiro atoms. The topological polar surface area (TPSA) is 33.5 Å². The highest BCUT2D eigenvalue weighted by Gasteiger charge is 2.22. The highest BCUT2D eigenvalue weighted by molar-refractivity contribution is 5.92. The molecular weight excluding hydrogens is 238 g/mol. The van der Waals surface area contributed by atoms with E-state index in [4.69, 9.17) is 4.42 Å². The minimum Gasteiger partial charge on any atom is -0.459 e. The summed E-state index contributed by atoms with van der Waals surface area (Å²) in [5, 5.41) is 0. The van der Waals surface area contributed by atoms with Gasteiger partial charge in [0.05, 0.1) is 12.3 Å². The molecule has 19 heavy (non-hydrogen) atoms. The molecule has 0 aliphatic carbocycles. The summed E-state index contributed by atoms with van der Waals surface area (Å²) in [6.45, 7) is 5.94. The Morgan fingerprint density at radius 2 is 1.79 bits per heavy atom. The molecule has 0 fully saturated rings. The number of nitrogens with zero attached hydrogens (tertiary/aromatic N) is 1. The number of rotatable bonds is 3. The van der Waals surface area contributed by atoms with Gasteiger partial charge in [-0.15, -0.1) is 0 Å². The Balaban J connectivity index is 2.19. The van der Waals surface area contributed by atoms with E-state index in [2.05, 4.69) is 31.2 Å². The fourth-order valence-corrected chi connectivity index (χ4v) is 2.00. The summed E-state index contributed by atoms with van der Waals surface area (Å²) < 4.78 is 5.26. The van der Waals surface area contributed by atoms with Crippen LogP contribution < -0.4 is 0 Å². The third-order valence-electron chi connectivity index (χ3n) is 3.52. The van der Waals surface area contributed by atoms with Crippen molar-refractivity contribution in [1.29, 1.82) is 0 Å². The molecule has 1 aromatic carbocycles. The summed E-state index contributed by atoms with van der Waals surface area (Å²) in [5.74, 6) is 0.331. The van der Waals surface area contributed by atoms with Crippen LogP contribution in [0.1, 0.15) is 40.2 Å². The lowest BCUT2D eigenvalue weighted by atomic mass is 10.1. The van der Waals surface area contributed by atoms with Gasteiger partial charge in [-0.2, -0.15) is 0 Å². The van der Waals surface area contributed by atoms with Crippen LogP contribution in [0.2, 0.25) is 0 Å². The van der Waals surface area contributed by atoms with Gasteiger partial charge < -0.3 is 9.32 Å². The molecular formula is C16H19NO2. The van der Waals surface area contributed by atoms with Gasteiger partial charge in [0.25, 0.3) is 5.91 Å². The molecule has 0 bridgehead atoms. The molecule has 0 aliphatic rings. The van der Waals surface area contributed by atoms with E-state index in [9.17, 15) is 4.79 Å². The molecule has 100 valence electrons. The Labute approximate surface area is 113 Å². The van der Waals surface area contributed by atoms with Crippen molar-refractivity contribution >= 4 is 5.91 Å². The Kier molecular flexibility index (Phi) is 3.74. The molecule has 1 aromatic heterocycles. The van der Waals surface area contributed by atoms with Gasteiger partial charge in [-0.25, -0.2) is 0 Å². The molecule has 1 amide bonds. The van der Waals surface area contributed by atoms with Crippen LogP contribution in [-0.2, 0) is 0 Å². The molecule has 3 heteroatoms. The number of carbonyl (C=O) groups excluding carboxylic acids is 1. The number of amides is 1. The lowest BCUT2D eigenvalue weighted by molar-refractivity contribution is 0.0709. The van der Waals surface area contributed by atoms with Crippen molar-refractivity contribution in [2.24, 2.45) is 0 Å². The number of hydrogen-bond donors (Lipinski definition) is 0. The predicted octanol–water partition coefficient (Wildman–Crippen LogP) is 3.73. The molecule has 2 aromatic rings. The van der Waals surface area contributed by atoms with Crippen LogP contribution in [0.25, 0.3) is 0 Å². The molecule has 0 aliphatic heterocycles. The molecule has 1 heterocycles. The van der Waals surface area contributed by atoms with Gasteiger partial charge in [-0.3, -0.25) is 4.79 Å². The van der Waals surface area contributed by atoms with Crippen LogP contribution in [0.3, 0.4) is 0 Å². The van der Waals surface area contributed by atoms with Gasteiger partial charge in [-0.05, 0) is 32.4 Å². The molecule has 1 atom stereocenters. The molecule has 2 rings (SSSR count). The van der Waals surface area contributed by atoms with Crippen molar-refractivity contribution in [3.8, 4) is 0 Å². The fourth-order valence-electron chi connectivity index (χ4n) is 2.00. The molecule has 3 nitrogen and oxygen atoms in total. The normalized spacial score (nSPS) is 12.2. The summed E-state index contributed by atoms with van der Waals surface area (Å²) in [4.78, 5) is 14.0. The molecule has 1 unspecified atom stereocenters. The van der Waals surface area contributed by atoms with E-state index in [1.807, 2.05) is 13.8 Å². The second kappa shape index (κ2) is 5.31. The third kappa shape index (κ3) is 2.70. The van der Waals surface area contributed by atoms with Crippen LogP contribution in [0, 0.1) is 13.8 Å². The van der Waals surface area contributed by atoms with Crippen molar-refractivity contribution in [2.75, 3.05) is 7.05 Å². The second-order valence-corrected chi connectivity index (χ2v) is 4.94. The minimum absolute atomic E-state index is 0.0117. The van der Waals surface area contributed by atoms with E-state index >= 15 is 0 Å². The Morgan fingerprint density at radius 3 is 2.32 bits per heavy atom. The van der Waals surface area contributed by atoms with Gasteiger partial charge in [0.15, 0.2) is 5.76 Å². The Morgan fingerprint density at radius 1 is 1.16 bits per heavy atom. The van der Waals surface area contributed by atoms with E-state index in [1.54, 1.807) is 24.3 Å². The average Bonchev–Trinajstić information content (AvgIpc) is 2.83. The summed E-state index contributed by atoms with van der Waals surface area (Å²) in [6.07, 6.45) is 1.55. The van der Waals surface area contributed by atoms with Gasteiger partial charge in [0.1, 0.15) is 0 Å². The highest BCUT2D eigenvalue weighted by Crippen LogP contribution is 2.22. The smallest absolute Gasteiger partial charge is 0.290 e. The molecule has 0 N–H and O–H groups in total. The van der Waals surface area contributed by atoms with E-state index in [0.29, 0.717) is 5.76 Å². The van der Waals surface area contributed by atoms with Gasteiger partial charge in [0, 0.05) is 12.6 Å². The molecule has 0 saturated carbocycles. The lowest BCUT2D eigenvalue weighted by Crippen LogP contribution is -2.29. The second-order valence-electron chi connectivity index (χ2n) is 4.94. The maximum atomic E-state index is 12.3. The zero-order valence-electron chi connectivity index (χ0n) is 11.8. The van der Waals surface area contributed by atoms with E-state index in [0.717, 1.165) is 11.1 Å². The first kappa shape index (κ1) is 13.4. The van der Waals surface area contributed by atoms with Crippen LogP contribution in [-0.4, -0.2) is 17.9 Å². The van der Waals surface area contributed by atoms with Crippen molar-refractivity contribution < 1.29 is 9.21 Å². The predicted molar refractivity (Wildman–Crippen MR) is 75.1 cm³/mol. The maximum Gasteiger partial charge on any atom is 0.290 e. The lowest BCUT2D eigenvalue weighted by Gasteiger charge is -2.24. The van der Waals surface area contributed by atoms with E-state index < -0.39 is 0 Å². The van der Waals surface area contributed by atoms with E-state index in [-0.39, 0.29) is 11.9 Å². The van der Waals surface area contributed by atoms with Crippen LogP contribution >= 0.6 is 0 Å².